The fourth-order valence-corrected chi connectivity index (χ4v) is 5.08. The lowest BCUT2D eigenvalue weighted by molar-refractivity contribution is -0.403. The van der Waals surface area contributed by atoms with Crippen LogP contribution in [0.4, 0.5) is 0 Å². The van der Waals surface area contributed by atoms with Gasteiger partial charge in [0.05, 0.1) is 4.90 Å². The van der Waals surface area contributed by atoms with Crippen LogP contribution in [0.15, 0.2) is 35.2 Å². The molecule has 1 atom stereocenters. The first-order valence-electron chi connectivity index (χ1n) is 12.4. The summed E-state index contributed by atoms with van der Waals surface area (Å²) in [5.41, 5.74) is 0. The Morgan fingerprint density at radius 3 is 1.88 bits per heavy atom. The second-order valence-corrected chi connectivity index (χ2v) is 9.78. The van der Waals surface area contributed by atoms with Crippen LogP contribution in [0.2, 0.25) is 0 Å². The minimum atomic E-state index is -3.50. The summed E-state index contributed by atoms with van der Waals surface area (Å²) in [5, 5.41) is 0. The Bertz CT molecular complexity index is 664. The number of hydrogen-bond donors (Lipinski definition) is 1. The van der Waals surface area contributed by atoms with Crippen LogP contribution in [-0.4, -0.2) is 40.8 Å². The van der Waals surface area contributed by atoms with Gasteiger partial charge in [0.15, 0.2) is 0 Å². The number of hydrogen-bond acceptors (Lipinski definition) is 5. The lowest BCUT2D eigenvalue weighted by Crippen LogP contribution is -2.47. The predicted octanol–water partition coefficient (Wildman–Crippen LogP) is 5.88. The van der Waals surface area contributed by atoms with E-state index in [-0.39, 0.29) is 10.8 Å². The van der Waals surface area contributed by atoms with Crippen LogP contribution in [0.1, 0.15) is 85.5 Å². The van der Waals surface area contributed by atoms with Gasteiger partial charge in [-0.2, -0.15) is 0 Å². The highest BCUT2D eigenvalue weighted by atomic mass is 32.2. The van der Waals surface area contributed by atoms with E-state index in [9.17, 15) is 8.42 Å². The maximum Gasteiger partial charge on any atom is 0.285 e. The average Bonchev–Trinajstić information content (AvgIpc) is 2.78. The van der Waals surface area contributed by atoms with Crippen LogP contribution in [0.25, 0.3) is 0 Å². The Hall–Kier alpha value is -0.990. The van der Waals surface area contributed by atoms with Gasteiger partial charge in [-0.1, -0.05) is 63.6 Å². The summed E-state index contributed by atoms with van der Waals surface area (Å²) < 4.78 is 45.9. The van der Waals surface area contributed by atoms with Gasteiger partial charge in [-0.25, -0.2) is 13.1 Å². The molecule has 0 saturated heterocycles. The normalized spacial score (nSPS) is 13.4. The molecular weight excluding hydrogens is 426 g/mol. The van der Waals surface area contributed by atoms with Crippen molar-refractivity contribution in [3.05, 3.63) is 30.3 Å². The summed E-state index contributed by atoms with van der Waals surface area (Å²) in [6, 6.07) is 8.47. The van der Waals surface area contributed by atoms with Gasteiger partial charge in [-0.15, -0.1) is 0 Å². The minimum absolute atomic E-state index is 0.0368. The maximum atomic E-state index is 12.5. The molecule has 0 aliphatic heterocycles. The summed E-state index contributed by atoms with van der Waals surface area (Å²) >= 11 is 0. The molecule has 0 aliphatic rings. The number of rotatable bonds is 20. The molecule has 1 aromatic carbocycles. The highest BCUT2D eigenvalue weighted by molar-refractivity contribution is 7.89. The second-order valence-electron chi connectivity index (χ2n) is 8.01. The highest BCUT2D eigenvalue weighted by Gasteiger charge is 2.41. The van der Waals surface area contributed by atoms with E-state index in [1.165, 1.54) is 32.1 Å². The van der Waals surface area contributed by atoms with Crippen LogP contribution in [0.3, 0.4) is 0 Å². The third-order valence-electron chi connectivity index (χ3n) is 5.52. The first-order valence-corrected chi connectivity index (χ1v) is 13.9. The van der Waals surface area contributed by atoms with Crippen molar-refractivity contribution in [1.29, 1.82) is 0 Å². The molecule has 1 rings (SSSR count). The van der Waals surface area contributed by atoms with Crippen molar-refractivity contribution in [2.24, 2.45) is 5.92 Å². The number of ether oxygens (including phenoxy) is 3. The van der Waals surface area contributed by atoms with Crippen molar-refractivity contribution in [3.63, 3.8) is 0 Å². The summed E-state index contributed by atoms with van der Waals surface area (Å²) in [6.45, 7) is 9.91. The fourth-order valence-electron chi connectivity index (χ4n) is 3.99. The zero-order valence-corrected chi connectivity index (χ0v) is 21.4. The largest absolute Gasteiger partial charge is 0.328 e. The Balaban J connectivity index is 2.75. The molecule has 0 saturated carbocycles. The fraction of sp³-hybridized carbons (Fsp3) is 0.760. The van der Waals surface area contributed by atoms with Gasteiger partial charge in [0.1, 0.15) is 0 Å². The van der Waals surface area contributed by atoms with E-state index in [4.69, 9.17) is 14.2 Å². The van der Waals surface area contributed by atoms with Gasteiger partial charge in [-0.3, -0.25) is 0 Å². The van der Waals surface area contributed by atoms with Gasteiger partial charge in [0, 0.05) is 32.3 Å². The molecule has 186 valence electrons. The van der Waals surface area contributed by atoms with E-state index in [2.05, 4.69) is 11.6 Å². The van der Waals surface area contributed by atoms with Crippen LogP contribution in [-0.2, 0) is 24.2 Å². The Morgan fingerprint density at radius 1 is 0.781 bits per heavy atom. The van der Waals surface area contributed by atoms with Crippen LogP contribution >= 0.6 is 0 Å². The molecule has 1 unspecified atom stereocenters. The zero-order valence-electron chi connectivity index (χ0n) is 20.6. The monoisotopic (exact) mass is 471 g/mol. The lowest BCUT2D eigenvalue weighted by atomic mass is 9.92. The molecule has 0 aromatic heterocycles. The first kappa shape index (κ1) is 29.0. The standard InChI is InChI=1S/C25H45NO5S/c1-5-9-10-11-12-14-18-23(25(29-6-2,30-7-3)31-8-4)19-17-22-26-32(27,28)24-20-15-13-16-21-24/h13,15-16,20-21,23,26H,5-12,14,17-19,22H2,1-4H3. The molecule has 1 aromatic rings. The molecule has 0 radical (unpaired) electrons. The third kappa shape index (κ3) is 10.3. The minimum Gasteiger partial charge on any atom is -0.328 e. The van der Waals surface area contributed by atoms with Gasteiger partial charge < -0.3 is 14.2 Å². The molecule has 6 nitrogen and oxygen atoms in total. The predicted molar refractivity (Wildman–Crippen MR) is 130 cm³/mol. The topological polar surface area (TPSA) is 73.9 Å². The molecule has 0 aliphatic carbocycles. The van der Waals surface area contributed by atoms with E-state index < -0.39 is 16.0 Å². The number of sulfonamides is 1. The van der Waals surface area contributed by atoms with E-state index >= 15 is 0 Å². The number of unbranched alkanes of at least 4 members (excludes halogenated alkanes) is 5. The summed E-state index contributed by atoms with van der Waals surface area (Å²) in [7, 11) is -3.50. The SMILES string of the molecule is CCCCCCCCC(CCCNS(=O)(=O)c1ccccc1)C(OCC)(OCC)OCC. The maximum absolute atomic E-state index is 12.5. The van der Waals surface area contributed by atoms with Crippen molar-refractivity contribution in [1.82, 2.24) is 4.72 Å². The Labute approximate surface area is 196 Å². The van der Waals surface area contributed by atoms with Gasteiger partial charge >= 0.3 is 0 Å². The van der Waals surface area contributed by atoms with Crippen molar-refractivity contribution < 1.29 is 22.6 Å². The van der Waals surface area contributed by atoms with Crippen LogP contribution < -0.4 is 4.72 Å². The van der Waals surface area contributed by atoms with Crippen LogP contribution in [0, 0.1) is 5.92 Å². The molecule has 0 bridgehead atoms. The summed E-state index contributed by atoms with van der Waals surface area (Å²) in [4.78, 5) is 0.288. The molecule has 0 fully saturated rings. The van der Waals surface area contributed by atoms with Gasteiger partial charge in [0.25, 0.3) is 5.97 Å². The van der Waals surface area contributed by atoms with E-state index in [0.29, 0.717) is 32.8 Å². The average molecular weight is 472 g/mol. The summed E-state index contributed by atoms with van der Waals surface area (Å²) in [6.07, 6.45) is 9.66. The van der Waals surface area contributed by atoms with Crippen molar-refractivity contribution >= 4 is 10.0 Å². The van der Waals surface area contributed by atoms with E-state index in [0.717, 1.165) is 19.3 Å². The van der Waals surface area contributed by atoms with E-state index in [1.54, 1.807) is 30.3 Å². The molecular formula is C25H45NO5S. The molecule has 1 N–H and O–H groups in total. The first-order chi connectivity index (χ1) is 15.5. The van der Waals surface area contributed by atoms with Gasteiger partial charge in [-0.05, 0) is 52.2 Å². The second kappa shape index (κ2) is 16.6. The third-order valence-corrected chi connectivity index (χ3v) is 6.99. The van der Waals surface area contributed by atoms with Crippen LogP contribution in [0.5, 0.6) is 0 Å². The quantitative estimate of drug-likeness (QED) is 0.190. The smallest absolute Gasteiger partial charge is 0.285 e. The zero-order chi connectivity index (χ0) is 23.7. The number of benzene rings is 1. The molecule has 32 heavy (non-hydrogen) atoms. The Morgan fingerprint density at radius 2 is 1.31 bits per heavy atom. The van der Waals surface area contributed by atoms with E-state index in [1.807, 2.05) is 20.8 Å². The van der Waals surface area contributed by atoms with Crippen molar-refractivity contribution in [2.45, 2.75) is 96.4 Å². The molecule has 0 amide bonds. The van der Waals surface area contributed by atoms with Gasteiger partial charge in [0.2, 0.25) is 10.0 Å². The summed E-state index contributed by atoms with van der Waals surface area (Å²) in [5.74, 6) is -1.03. The molecule has 0 heterocycles. The van der Waals surface area contributed by atoms with Crippen molar-refractivity contribution in [2.75, 3.05) is 26.4 Å². The lowest BCUT2D eigenvalue weighted by Gasteiger charge is -2.39. The Kier molecular flexibility index (Phi) is 15.1. The molecule has 7 heteroatoms. The molecule has 0 spiro atoms. The number of nitrogens with one attached hydrogen (secondary N) is 1. The van der Waals surface area contributed by atoms with Crippen molar-refractivity contribution in [3.8, 4) is 0 Å². The highest BCUT2D eigenvalue weighted by Crippen LogP contribution is 2.34.